The average molecular weight is 448 g/mol. The maximum atomic E-state index is 5.99. The molecule has 138 valence electrons. The van der Waals surface area contributed by atoms with Crippen LogP contribution < -0.4 is 11.1 Å². The normalized spacial score (nSPS) is 18.7. The number of guanidine groups is 1. The van der Waals surface area contributed by atoms with Gasteiger partial charge in [-0.2, -0.15) is 5.10 Å². The van der Waals surface area contributed by atoms with Crippen LogP contribution in [0.15, 0.2) is 4.99 Å². The molecule has 1 fully saturated rings. The van der Waals surface area contributed by atoms with E-state index in [9.17, 15) is 0 Å². The minimum Gasteiger partial charge on any atom is -0.370 e. The van der Waals surface area contributed by atoms with Gasteiger partial charge in [0.25, 0.3) is 0 Å². The molecule has 1 aromatic heterocycles. The van der Waals surface area contributed by atoms with Gasteiger partial charge in [-0.25, -0.2) is 0 Å². The van der Waals surface area contributed by atoms with Gasteiger partial charge >= 0.3 is 0 Å². The first-order valence-corrected chi connectivity index (χ1v) is 8.79. The van der Waals surface area contributed by atoms with Gasteiger partial charge in [0.2, 0.25) is 0 Å². The second-order valence-corrected chi connectivity index (χ2v) is 6.45. The van der Waals surface area contributed by atoms with E-state index in [0.717, 1.165) is 38.2 Å². The van der Waals surface area contributed by atoms with Gasteiger partial charge < -0.3 is 11.1 Å². The van der Waals surface area contributed by atoms with Crippen molar-refractivity contribution in [3.05, 3.63) is 17.0 Å². The number of nitrogens with one attached hydrogen (secondary N) is 1. The molecule has 1 aliphatic rings. The second-order valence-electron chi connectivity index (χ2n) is 6.45. The zero-order valence-corrected chi connectivity index (χ0v) is 17.8. The molecule has 0 spiro atoms. The smallest absolute Gasteiger partial charge is 0.188 e. The van der Waals surface area contributed by atoms with Crippen LogP contribution in [0.2, 0.25) is 0 Å². The summed E-state index contributed by atoms with van der Waals surface area (Å²) in [5, 5.41) is 7.69. The number of likely N-dealkylation sites (N-methyl/N-ethyl adjacent to an activating group) is 1. The third kappa shape index (κ3) is 5.61. The Morgan fingerprint density at radius 3 is 2.79 bits per heavy atom. The number of hydrogen-bond donors (Lipinski definition) is 2. The highest BCUT2D eigenvalue weighted by Crippen LogP contribution is 2.16. The zero-order chi connectivity index (χ0) is 16.8. The Bertz CT molecular complexity index is 539. The number of rotatable bonds is 7. The molecule has 7 heteroatoms. The van der Waals surface area contributed by atoms with Gasteiger partial charge in [0, 0.05) is 25.3 Å². The van der Waals surface area contributed by atoms with Crippen molar-refractivity contribution in [2.24, 2.45) is 17.8 Å². The predicted molar refractivity (Wildman–Crippen MR) is 111 cm³/mol. The summed E-state index contributed by atoms with van der Waals surface area (Å²) in [6.45, 7) is 10.4. The summed E-state index contributed by atoms with van der Waals surface area (Å²) in [6.07, 6.45) is 4.58. The van der Waals surface area contributed by atoms with Gasteiger partial charge in [0.1, 0.15) is 0 Å². The molecule has 1 aliphatic heterocycles. The van der Waals surface area contributed by atoms with Crippen molar-refractivity contribution >= 4 is 29.9 Å². The maximum Gasteiger partial charge on any atom is 0.188 e. The van der Waals surface area contributed by atoms with Crippen molar-refractivity contribution in [1.82, 2.24) is 20.0 Å². The topological polar surface area (TPSA) is 71.5 Å². The van der Waals surface area contributed by atoms with E-state index >= 15 is 0 Å². The molecule has 0 aliphatic carbocycles. The molecule has 3 N–H and O–H groups in total. The van der Waals surface area contributed by atoms with Crippen molar-refractivity contribution < 1.29 is 0 Å². The van der Waals surface area contributed by atoms with Crippen LogP contribution in [0.1, 0.15) is 43.1 Å². The summed E-state index contributed by atoms with van der Waals surface area (Å²) in [5.41, 5.74) is 9.73. The molecule has 1 saturated heterocycles. The molecule has 24 heavy (non-hydrogen) atoms. The van der Waals surface area contributed by atoms with Gasteiger partial charge in [-0.3, -0.25) is 14.6 Å². The first kappa shape index (κ1) is 21.2. The number of halogens is 1. The Morgan fingerprint density at radius 1 is 1.42 bits per heavy atom. The van der Waals surface area contributed by atoms with Crippen LogP contribution in [-0.4, -0.2) is 52.9 Å². The summed E-state index contributed by atoms with van der Waals surface area (Å²) in [6, 6.07) is 0.570. The lowest BCUT2D eigenvalue weighted by atomic mass is 10.1. The number of hydrogen-bond acceptors (Lipinski definition) is 3. The minimum atomic E-state index is 0. The number of aliphatic imine (C=N–C) groups is 1. The van der Waals surface area contributed by atoms with Crippen LogP contribution in [-0.2, 0) is 13.5 Å². The molecule has 0 bridgehead atoms. The van der Waals surface area contributed by atoms with Gasteiger partial charge in [-0.1, -0.05) is 6.92 Å². The first-order valence-electron chi connectivity index (χ1n) is 8.79. The fraction of sp³-hybridized carbons (Fsp3) is 0.765. The van der Waals surface area contributed by atoms with Crippen LogP contribution in [0.3, 0.4) is 0 Å². The van der Waals surface area contributed by atoms with E-state index < -0.39 is 0 Å². The Labute approximate surface area is 163 Å². The van der Waals surface area contributed by atoms with Gasteiger partial charge in [-0.15, -0.1) is 24.0 Å². The van der Waals surface area contributed by atoms with Gasteiger partial charge in [0.05, 0.1) is 12.2 Å². The summed E-state index contributed by atoms with van der Waals surface area (Å²) >= 11 is 0. The summed E-state index contributed by atoms with van der Waals surface area (Å²) < 4.78 is 1.95. The van der Waals surface area contributed by atoms with Crippen molar-refractivity contribution in [1.29, 1.82) is 0 Å². The fourth-order valence-corrected chi connectivity index (χ4v) is 3.44. The molecule has 0 radical (unpaired) electrons. The molecule has 6 nitrogen and oxygen atoms in total. The second kappa shape index (κ2) is 10.2. The van der Waals surface area contributed by atoms with E-state index in [2.05, 4.69) is 41.1 Å². The molecular formula is C17H33IN6. The Hall–Kier alpha value is -0.830. The first-order chi connectivity index (χ1) is 11.0. The van der Waals surface area contributed by atoms with Crippen LogP contribution in [0.5, 0.6) is 0 Å². The Kier molecular flexibility index (Phi) is 9.04. The molecule has 0 aromatic carbocycles. The quantitative estimate of drug-likeness (QED) is 0.290. The third-order valence-electron chi connectivity index (χ3n) is 4.95. The lowest BCUT2D eigenvalue weighted by Crippen LogP contribution is -2.36. The summed E-state index contributed by atoms with van der Waals surface area (Å²) in [5.74, 6) is 0.576. The average Bonchev–Trinajstić information content (AvgIpc) is 3.08. The minimum absolute atomic E-state index is 0. The van der Waals surface area contributed by atoms with E-state index in [-0.39, 0.29) is 24.0 Å². The monoisotopic (exact) mass is 448 g/mol. The fourth-order valence-electron chi connectivity index (χ4n) is 3.44. The van der Waals surface area contributed by atoms with Crippen molar-refractivity contribution in [2.75, 3.05) is 26.2 Å². The molecular weight excluding hydrogens is 415 g/mol. The molecule has 1 aromatic rings. The molecule has 2 heterocycles. The number of aryl methyl sites for hydroxylation is 2. The van der Waals surface area contributed by atoms with Crippen LogP contribution in [0.4, 0.5) is 0 Å². The van der Waals surface area contributed by atoms with Crippen LogP contribution in [0, 0.1) is 13.8 Å². The van der Waals surface area contributed by atoms with Gasteiger partial charge in [-0.05, 0) is 58.2 Å². The maximum absolute atomic E-state index is 5.99. The van der Waals surface area contributed by atoms with E-state index in [4.69, 9.17) is 5.73 Å². The largest absolute Gasteiger partial charge is 0.370 e. The standard InChI is InChI=1S/C17H32N6.HI/c1-5-23-11-7-8-15(23)12-20-17(18)19-10-6-9-16-13(2)21-22(4)14(16)3;/h15H,5-12H2,1-4H3,(H3,18,19,20);1H. The van der Waals surface area contributed by atoms with Crippen LogP contribution in [0.25, 0.3) is 0 Å². The number of aromatic nitrogens is 2. The van der Waals surface area contributed by atoms with Crippen molar-refractivity contribution in [2.45, 2.75) is 52.5 Å². The van der Waals surface area contributed by atoms with E-state index in [1.54, 1.807) is 0 Å². The number of likely N-dealkylation sites (tertiary alicyclic amines) is 1. The Morgan fingerprint density at radius 2 is 2.17 bits per heavy atom. The van der Waals surface area contributed by atoms with Crippen molar-refractivity contribution in [3.8, 4) is 0 Å². The SMILES string of the molecule is CCN1CCCC1CN=C(N)NCCCc1c(C)nn(C)c1C.I. The summed E-state index contributed by atoms with van der Waals surface area (Å²) in [4.78, 5) is 7.00. The molecule has 1 atom stereocenters. The zero-order valence-electron chi connectivity index (χ0n) is 15.5. The highest BCUT2D eigenvalue weighted by atomic mass is 127. The highest BCUT2D eigenvalue weighted by molar-refractivity contribution is 14.0. The van der Waals surface area contributed by atoms with E-state index in [0.29, 0.717) is 12.0 Å². The van der Waals surface area contributed by atoms with Crippen molar-refractivity contribution in [3.63, 3.8) is 0 Å². The van der Waals surface area contributed by atoms with Crippen LogP contribution >= 0.6 is 24.0 Å². The molecule has 2 rings (SSSR count). The predicted octanol–water partition coefficient (Wildman–Crippen LogP) is 1.98. The van der Waals surface area contributed by atoms with E-state index in [1.807, 2.05) is 11.7 Å². The lowest BCUT2D eigenvalue weighted by molar-refractivity contribution is 0.273. The van der Waals surface area contributed by atoms with Gasteiger partial charge in [0.15, 0.2) is 5.96 Å². The highest BCUT2D eigenvalue weighted by Gasteiger charge is 2.22. The molecule has 0 amide bonds. The molecule has 1 unspecified atom stereocenters. The lowest BCUT2D eigenvalue weighted by Gasteiger charge is -2.20. The summed E-state index contributed by atoms with van der Waals surface area (Å²) in [7, 11) is 2.00. The molecule has 0 saturated carbocycles. The number of nitrogens with two attached hydrogens (primary N) is 1. The van der Waals surface area contributed by atoms with E-state index in [1.165, 1.54) is 30.6 Å². The Balaban J connectivity index is 0.00000288. The number of nitrogens with zero attached hydrogens (tertiary/aromatic N) is 4. The third-order valence-corrected chi connectivity index (χ3v) is 4.95.